The molecule has 0 heterocycles. The van der Waals surface area contributed by atoms with Crippen molar-refractivity contribution in [2.24, 2.45) is 17.8 Å². The second-order valence-corrected chi connectivity index (χ2v) is 9.35. The molecule has 132 valence electrons. The molecule has 0 radical (unpaired) electrons. The van der Waals surface area contributed by atoms with Crippen LogP contribution >= 0.6 is 0 Å². The lowest BCUT2D eigenvalue weighted by atomic mass is 10.2. The van der Waals surface area contributed by atoms with E-state index in [0.29, 0.717) is 35.7 Å². The second kappa shape index (κ2) is 8.69. The van der Waals surface area contributed by atoms with E-state index in [1.165, 1.54) is 0 Å². The second-order valence-electron chi connectivity index (χ2n) is 7.41. The van der Waals surface area contributed by atoms with Crippen molar-refractivity contribution < 1.29 is 8.42 Å². The molecule has 0 spiro atoms. The lowest BCUT2D eigenvalue weighted by molar-refractivity contribution is 0.333. The summed E-state index contributed by atoms with van der Waals surface area (Å²) in [4.78, 5) is 0.369. The molecule has 0 saturated carbocycles. The van der Waals surface area contributed by atoms with E-state index in [2.05, 4.69) is 19.2 Å². The van der Waals surface area contributed by atoms with Gasteiger partial charge in [0.1, 0.15) is 0 Å². The molecule has 1 aromatic carbocycles. The highest BCUT2D eigenvalue weighted by molar-refractivity contribution is 7.89. The molecule has 0 aliphatic heterocycles. The van der Waals surface area contributed by atoms with E-state index in [-0.39, 0.29) is 0 Å². The molecule has 0 aromatic heterocycles. The fourth-order valence-corrected chi connectivity index (χ4v) is 4.07. The van der Waals surface area contributed by atoms with Gasteiger partial charge in [0.05, 0.1) is 4.90 Å². The third-order valence-electron chi connectivity index (χ3n) is 3.34. The lowest BCUT2D eigenvalue weighted by Crippen LogP contribution is -2.37. The Kier molecular flexibility index (Phi) is 7.55. The lowest BCUT2D eigenvalue weighted by Gasteiger charge is -2.25. The molecular formula is C18H32N2O2S. The van der Waals surface area contributed by atoms with Crippen LogP contribution in [0.4, 0.5) is 5.69 Å². The molecule has 1 aromatic rings. The molecule has 0 amide bonds. The van der Waals surface area contributed by atoms with Crippen molar-refractivity contribution >= 4 is 15.7 Å². The number of rotatable bonds is 9. The minimum atomic E-state index is -3.43. The van der Waals surface area contributed by atoms with Crippen LogP contribution in [-0.4, -0.2) is 32.4 Å². The largest absolute Gasteiger partial charge is 0.385 e. The highest BCUT2D eigenvalue weighted by atomic mass is 32.2. The quantitative estimate of drug-likeness (QED) is 0.737. The van der Waals surface area contributed by atoms with Gasteiger partial charge in [-0.2, -0.15) is 4.31 Å². The average Bonchev–Trinajstić information content (AvgIpc) is 2.44. The minimum absolute atomic E-state index is 0.301. The number of sulfonamides is 1. The number of anilines is 1. The van der Waals surface area contributed by atoms with E-state index >= 15 is 0 Å². The van der Waals surface area contributed by atoms with Gasteiger partial charge in [-0.15, -0.1) is 0 Å². The number of hydrogen-bond acceptors (Lipinski definition) is 3. The summed E-state index contributed by atoms with van der Waals surface area (Å²) < 4.78 is 27.4. The molecule has 1 rings (SSSR count). The van der Waals surface area contributed by atoms with Gasteiger partial charge in [-0.3, -0.25) is 0 Å². The van der Waals surface area contributed by atoms with Gasteiger partial charge in [-0.25, -0.2) is 8.42 Å². The molecule has 23 heavy (non-hydrogen) atoms. The van der Waals surface area contributed by atoms with Crippen molar-refractivity contribution in [2.75, 3.05) is 25.0 Å². The van der Waals surface area contributed by atoms with Gasteiger partial charge in [0, 0.05) is 25.3 Å². The van der Waals surface area contributed by atoms with Crippen molar-refractivity contribution in [3.63, 3.8) is 0 Å². The van der Waals surface area contributed by atoms with Gasteiger partial charge in [0.15, 0.2) is 0 Å². The van der Waals surface area contributed by atoms with E-state index in [4.69, 9.17) is 0 Å². The third-order valence-corrected chi connectivity index (χ3v) is 5.19. The zero-order valence-corrected chi connectivity index (χ0v) is 16.2. The highest BCUT2D eigenvalue weighted by Crippen LogP contribution is 2.21. The SMILES string of the molecule is CC(C)CNc1ccc(S(=O)(=O)N(CC(C)C)CC(C)C)cc1. The monoisotopic (exact) mass is 340 g/mol. The molecular weight excluding hydrogens is 308 g/mol. The summed E-state index contributed by atoms with van der Waals surface area (Å²) in [5.74, 6) is 1.15. The first-order chi connectivity index (χ1) is 10.6. The van der Waals surface area contributed by atoms with Gasteiger partial charge in [-0.1, -0.05) is 41.5 Å². The number of nitrogens with zero attached hydrogens (tertiary/aromatic N) is 1. The average molecular weight is 341 g/mol. The standard InChI is InChI=1S/C18H32N2O2S/c1-14(2)11-19-17-7-9-18(10-8-17)23(21,22)20(12-15(3)4)13-16(5)6/h7-10,14-16,19H,11-13H2,1-6H3. The van der Waals surface area contributed by atoms with E-state index in [1.54, 1.807) is 16.4 Å². The van der Waals surface area contributed by atoms with Crippen LogP contribution in [0.1, 0.15) is 41.5 Å². The normalized spacial score (nSPS) is 12.6. The molecule has 0 unspecified atom stereocenters. The highest BCUT2D eigenvalue weighted by Gasteiger charge is 2.25. The molecule has 1 N–H and O–H groups in total. The van der Waals surface area contributed by atoms with E-state index in [1.807, 2.05) is 39.8 Å². The van der Waals surface area contributed by atoms with Crippen LogP contribution in [0, 0.1) is 17.8 Å². The topological polar surface area (TPSA) is 49.4 Å². The molecule has 4 nitrogen and oxygen atoms in total. The maximum atomic E-state index is 12.9. The minimum Gasteiger partial charge on any atom is -0.385 e. The van der Waals surface area contributed by atoms with Crippen molar-refractivity contribution in [2.45, 2.75) is 46.4 Å². The zero-order valence-electron chi connectivity index (χ0n) is 15.3. The van der Waals surface area contributed by atoms with Gasteiger partial charge >= 0.3 is 0 Å². The predicted octanol–water partition coefficient (Wildman–Crippen LogP) is 4.06. The Bertz CT molecular complexity index is 553. The summed E-state index contributed by atoms with van der Waals surface area (Å²) in [6.45, 7) is 14.4. The van der Waals surface area contributed by atoms with E-state index < -0.39 is 10.0 Å². The first-order valence-corrected chi connectivity index (χ1v) is 9.91. The van der Waals surface area contributed by atoms with Crippen LogP contribution < -0.4 is 5.32 Å². The van der Waals surface area contributed by atoms with Gasteiger partial charge < -0.3 is 5.32 Å². The molecule has 0 aliphatic rings. The third kappa shape index (κ3) is 6.51. The molecule has 0 fully saturated rings. The molecule has 0 atom stereocenters. The van der Waals surface area contributed by atoms with Crippen molar-refractivity contribution in [1.29, 1.82) is 0 Å². The Labute approximate surface area is 142 Å². The summed E-state index contributed by atoms with van der Waals surface area (Å²) in [6.07, 6.45) is 0. The van der Waals surface area contributed by atoms with E-state index in [0.717, 1.165) is 12.2 Å². The van der Waals surface area contributed by atoms with Crippen LogP contribution in [0.2, 0.25) is 0 Å². The molecule has 0 bridgehead atoms. The summed E-state index contributed by atoms with van der Waals surface area (Å²) >= 11 is 0. The first-order valence-electron chi connectivity index (χ1n) is 8.47. The summed E-state index contributed by atoms with van der Waals surface area (Å²) in [6, 6.07) is 7.09. The van der Waals surface area contributed by atoms with Crippen LogP contribution in [0.5, 0.6) is 0 Å². The fourth-order valence-electron chi connectivity index (χ4n) is 2.30. The van der Waals surface area contributed by atoms with Crippen LogP contribution in [-0.2, 0) is 10.0 Å². The Morgan fingerprint density at radius 1 is 0.870 bits per heavy atom. The van der Waals surface area contributed by atoms with E-state index in [9.17, 15) is 8.42 Å². The van der Waals surface area contributed by atoms with Crippen LogP contribution in [0.3, 0.4) is 0 Å². The van der Waals surface area contributed by atoms with Gasteiger partial charge in [-0.05, 0) is 42.0 Å². The summed E-state index contributed by atoms with van der Waals surface area (Å²) in [5, 5.41) is 3.31. The Morgan fingerprint density at radius 3 is 1.74 bits per heavy atom. The molecule has 0 saturated heterocycles. The maximum Gasteiger partial charge on any atom is 0.243 e. The molecule has 0 aliphatic carbocycles. The van der Waals surface area contributed by atoms with Gasteiger partial charge in [0.2, 0.25) is 10.0 Å². The molecule has 5 heteroatoms. The van der Waals surface area contributed by atoms with Crippen LogP contribution in [0.25, 0.3) is 0 Å². The maximum absolute atomic E-state index is 12.9. The smallest absolute Gasteiger partial charge is 0.243 e. The Morgan fingerprint density at radius 2 is 1.35 bits per heavy atom. The first kappa shape index (κ1) is 20.0. The number of nitrogens with one attached hydrogen (secondary N) is 1. The fraction of sp³-hybridized carbons (Fsp3) is 0.667. The van der Waals surface area contributed by atoms with Crippen molar-refractivity contribution in [3.05, 3.63) is 24.3 Å². The summed E-state index contributed by atoms with van der Waals surface area (Å²) in [5.41, 5.74) is 0.955. The van der Waals surface area contributed by atoms with Crippen molar-refractivity contribution in [1.82, 2.24) is 4.31 Å². The zero-order chi connectivity index (χ0) is 17.6. The van der Waals surface area contributed by atoms with Gasteiger partial charge in [0.25, 0.3) is 0 Å². The summed E-state index contributed by atoms with van der Waals surface area (Å²) in [7, 11) is -3.43. The Balaban J connectivity index is 2.95. The Hall–Kier alpha value is -1.07. The van der Waals surface area contributed by atoms with Crippen molar-refractivity contribution in [3.8, 4) is 0 Å². The predicted molar refractivity (Wildman–Crippen MR) is 98.2 cm³/mol. The van der Waals surface area contributed by atoms with Crippen LogP contribution in [0.15, 0.2) is 29.2 Å². The number of hydrogen-bond donors (Lipinski definition) is 1. The number of benzene rings is 1.